The van der Waals surface area contributed by atoms with Crippen molar-refractivity contribution in [3.8, 4) is 22.8 Å². The second-order valence-corrected chi connectivity index (χ2v) is 8.76. The third kappa shape index (κ3) is 4.82. The topological polar surface area (TPSA) is 135 Å². The predicted octanol–water partition coefficient (Wildman–Crippen LogP) is 4.09. The summed E-state index contributed by atoms with van der Waals surface area (Å²) in [5.41, 5.74) is 1.11. The lowest BCUT2D eigenvalue weighted by Gasteiger charge is -2.19. The molecule has 10 nitrogen and oxygen atoms in total. The first-order valence-corrected chi connectivity index (χ1v) is 11.6. The molecule has 1 aromatic heterocycles. The second kappa shape index (κ2) is 9.62. The molecule has 3 aromatic rings. The number of furan rings is 1. The molecule has 3 amide bonds. The Bertz CT molecular complexity index is 1430. The number of carbonyl (C=O) groups is 4. The van der Waals surface area contributed by atoms with E-state index in [-0.39, 0.29) is 10.5 Å². The second-order valence-electron chi connectivity index (χ2n) is 7.76. The van der Waals surface area contributed by atoms with Gasteiger partial charge >= 0.3 is 5.97 Å². The highest BCUT2D eigenvalue weighted by molar-refractivity contribution is 8.18. The molecule has 1 fully saturated rings. The van der Waals surface area contributed by atoms with Gasteiger partial charge in [0.05, 0.1) is 10.5 Å². The lowest BCUT2D eigenvalue weighted by Crippen LogP contribution is -2.36. The van der Waals surface area contributed by atoms with Crippen molar-refractivity contribution >= 4 is 46.5 Å². The largest absolute Gasteiger partial charge is 0.486 e. The van der Waals surface area contributed by atoms with Gasteiger partial charge in [0.25, 0.3) is 11.1 Å². The van der Waals surface area contributed by atoms with E-state index in [9.17, 15) is 19.2 Å². The van der Waals surface area contributed by atoms with Crippen LogP contribution in [-0.2, 0) is 9.59 Å². The van der Waals surface area contributed by atoms with E-state index in [2.05, 4.69) is 5.32 Å². The molecular formula is C25H18N2O8S. The lowest BCUT2D eigenvalue weighted by molar-refractivity contribution is -0.127. The van der Waals surface area contributed by atoms with Gasteiger partial charge in [0.1, 0.15) is 31.3 Å². The van der Waals surface area contributed by atoms with Gasteiger partial charge < -0.3 is 24.3 Å². The number of amides is 3. The summed E-state index contributed by atoms with van der Waals surface area (Å²) in [5.74, 6) is -0.441. The van der Waals surface area contributed by atoms with E-state index in [4.69, 9.17) is 19.0 Å². The Morgan fingerprint density at radius 1 is 1.03 bits per heavy atom. The third-order valence-electron chi connectivity index (χ3n) is 5.30. The van der Waals surface area contributed by atoms with E-state index in [0.29, 0.717) is 59.2 Å². The summed E-state index contributed by atoms with van der Waals surface area (Å²) in [7, 11) is 0. The van der Waals surface area contributed by atoms with Gasteiger partial charge in [-0.25, -0.2) is 4.79 Å². The SMILES string of the molecule is O=C(CN1C(=O)S/C(=C/c2ccc(-c3cccc(C(=O)O)c3)o2)C1=O)Nc1ccc2c(c1)OCCO2. The highest BCUT2D eigenvalue weighted by atomic mass is 32.2. The van der Waals surface area contributed by atoms with E-state index < -0.39 is 29.6 Å². The smallest absolute Gasteiger partial charge is 0.335 e. The van der Waals surface area contributed by atoms with Crippen LogP contribution >= 0.6 is 11.8 Å². The summed E-state index contributed by atoms with van der Waals surface area (Å²) in [4.78, 5) is 49.9. The molecule has 0 bridgehead atoms. The molecular weight excluding hydrogens is 488 g/mol. The fourth-order valence-corrected chi connectivity index (χ4v) is 4.44. The quantitative estimate of drug-likeness (QED) is 0.474. The Balaban J connectivity index is 1.26. The summed E-state index contributed by atoms with van der Waals surface area (Å²) in [5, 5.41) is 11.2. The monoisotopic (exact) mass is 506 g/mol. The highest BCUT2D eigenvalue weighted by Gasteiger charge is 2.36. The molecule has 0 unspecified atom stereocenters. The molecule has 11 heteroatoms. The number of carbonyl (C=O) groups excluding carboxylic acids is 3. The summed E-state index contributed by atoms with van der Waals surface area (Å²) in [6.07, 6.45) is 1.41. The third-order valence-corrected chi connectivity index (χ3v) is 6.20. The number of hydrogen-bond acceptors (Lipinski definition) is 8. The summed E-state index contributed by atoms with van der Waals surface area (Å²) in [6.45, 7) is 0.393. The van der Waals surface area contributed by atoms with Crippen molar-refractivity contribution < 1.29 is 38.2 Å². The maximum Gasteiger partial charge on any atom is 0.335 e. The van der Waals surface area contributed by atoms with Crippen molar-refractivity contribution in [1.29, 1.82) is 0 Å². The van der Waals surface area contributed by atoms with E-state index in [1.807, 2.05) is 0 Å². The molecule has 5 rings (SSSR count). The average Bonchev–Trinajstić information content (AvgIpc) is 3.44. The van der Waals surface area contributed by atoms with Crippen LogP contribution < -0.4 is 14.8 Å². The van der Waals surface area contributed by atoms with Crippen LogP contribution in [0.4, 0.5) is 10.5 Å². The molecule has 2 aliphatic heterocycles. The normalized spacial score (nSPS) is 15.9. The minimum absolute atomic E-state index is 0.104. The van der Waals surface area contributed by atoms with Gasteiger partial charge in [-0.1, -0.05) is 12.1 Å². The number of fused-ring (bicyclic) bond motifs is 1. The zero-order chi connectivity index (χ0) is 25.2. The van der Waals surface area contributed by atoms with Crippen LogP contribution in [0, 0.1) is 0 Å². The zero-order valence-corrected chi connectivity index (χ0v) is 19.4. The van der Waals surface area contributed by atoms with Crippen LogP contribution in [-0.4, -0.2) is 52.8 Å². The molecule has 2 aromatic carbocycles. The molecule has 0 aliphatic carbocycles. The highest BCUT2D eigenvalue weighted by Crippen LogP contribution is 2.34. The molecule has 2 N–H and O–H groups in total. The van der Waals surface area contributed by atoms with Gasteiger partial charge in [-0.3, -0.25) is 19.3 Å². The fraction of sp³-hybridized carbons (Fsp3) is 0.120. The Morgan fingerprint density at radius 2 is 1.83 bits per heavy atom. The van der Waals surface area contributed by atoms with Gasteiger partial charge in [-0.15, -0.1) is 0 Å². The molecule has 3 heterocycles. The van der Waals surface area contributed by atoms with Crippen LogP contribution in [0.3, 0.4) is 0 Å². The number of ether oxygens (including phenoxy) is 2. The van der Waals surface area contributed by atoms with Crippen LogP contribution in [0.5, 0.6) is 11.5 Å². The minimum atomic E-state index is -1.06. The predicted molar refractivity (Wildman–Crippen MR) is 130 cm³/mol. The number of hydrogen-bond donors (Lipinski definition) is 2. The van der Waals surface area contributed by atoms with E-state index in [0.717, 1.165) is 4.90 Å². The number of imide groups is 1. The maximum atomic E-state index is 12.8. The number of nitrogens with zero attached hydrogens (tertiary/aromatic N) is 1. The zero-order valence-electron chi connectivity index (χ0n) is 18.6. The molecule has 1 saturated heterocycles. The first-order valence-electron chi connectivity index (χ1n) is 10.8. The van der Waals surface area contributed by atoms with Crippen molar-refractivity contribution in [1.82, 2.24) is 4.90 Å². The van der Waals surface area contributed by atoms with E-state index in [1.165, 1.54) is 18.2 Å². The number of benzene rings is 2. The van der Waals surface area contributed by atoms with Crippen LogP contribution in [0.2, 0.25) is 0 Å². The fourth-order valence-electron chi connectivity index (χ4n) is 3.62. The maximum absolute atomic E-state index is 12.8. The Hall–Kier alpha value is -4.51. The number of aromatic carboxylic acids is 1. The van der Waals surface area contributed by atoms with Crippen molar-refractivity contribution in [3.05, 3.63) is 70.8 Å². The van der Waals surface area contributed by atoms with E-state index >= 15 is 0 Å². The average molecular weight is 506 g/mol. The number of nitrogens with one attached hydrogen (secondary N) is 1. The van der Waals surface area contributed by atoms with Crippen LogP contribution in [0.15, 0.2) is 63.9 Å². The van der Waals surface area contributed by atoms with Gasteiger partial charge in [0.15, 0.2) is 11.5 Å². The standard InChI is InChI=1S/C25H18N2O8S/c28-22(26-16-4-6-19-20(11-16)34-9-8-33-19)13-27-23(29)21(36-25(27)32)12-17-5-7-18(35-17)14-2-1-3-15(10-14)24(30)31/h1-7,10-12H,8-9,13H2,(H,26,28)(H,30,31)/b21-12+. The van der Waals surface area contributed by atoms with Crippen LogP contribution in [0.25, 0.3) is 17.4 Å². The van der Waals surface area contributed by atoms with Gasteiger partial charge in [-0.2, -0.15) is 0 Å². The molecule has 36 heavy (non-hydrogen) atoms. The van der Waals surface area contributed by atoms with Gasteiger partial charge in [0, 0.05) is 23.4 Å². The molecule has 0 saturated carbocycles. The number of rotatable bonds is 6. The first kappa shape index (κ1) is 23.2. The minimum Gasteiger partial charge on any atom is -0.486 e. The van der Waals surface area contributed by atoms with Gasteiger partial charge in [-0.05, 0) is 48.2 Å². The number of anilines is 1. The van der Waals surface area contributed by atoms with Crippen molar-refractivity contribution in [2.75, 3.05) is 25.1 Å². The number of carboxylic acids is 1. The van der Waals surface area contributed by atoms with Crippen molar-refractivity contribution in [2.24, 2.45) is 0 Å². The summed E-state index contributed by atoms with van der Waals surface area (Å²) >= 11 is 0.699. The molecule has 182 valence electrons. The summed E-state index contributed by atoms with van der Waals surface area (Å²) in [6, 6.07) is 14.4. The first-order chi connectivity index (χ1) is 17.4. The number of carboxylic acid groups (broad SMARTS) is 1. The van der Waals surface area contributed by atoms with Gasteiger partial charge in [0.2, 0.25) is 5.91 Å². The molecule has 2 aliphatic rings. The molecule has 0 spiro atoms. The Labute approximate surface area is 208 Å². The number of thioether (sulfide) groups is 1. The van der Waals surface area contributed by atoms with E-state index in [1.54, 1.807) is 42.5 Å². The summed E-state index contributed by atoms with van der Waals surface area (Å²) < 4.78 is 16.7. The Kier molecular flexibility index (Phi) is 6.21. The molecule has 0 radical (unpaired) electrons. The van der Waals surface area contributed by atoms with Crippen LogP contribution in [0.1, 0.15) is 16.1 Å². The Morgan fingerprint density at radius 3 is 2.64 bits per heavy atom. The van der Waals surface area contributed by atoms with Crippen molar-refractivity contribution in [3.63, 3.8) is 0 Å². The molecule has 0 atom stereocenters. The lowest BCUT2D eigenvalue weighted by atomic mass is 10.1. The van der Waals surface area contributed by atoms with Crippen molar-refractivity contribution in [2.45, 2.75) is 0 Å².